The van der Waals surface area contributed by atoms with E-state index in [1.807, 2.05) is 60.8 Å². The van der Waals surface area contributed by atoms with Crippen LogP contribution < -0.4 is 25.4 Å². The fraction of sp³-hybridized carbons (Fsp3) is 0.469. The summed E-state index contributed by atoms with van der Waals surface area (Å²) in [5, 5.41) is 2.79. The molecule has 4 aliphatic heterocycles. The van der Waals surface area contributed by atoms with Crippen molar-refractivity contribution in [2.75, 3.05) is 56.7 Å². The number of nitrogens with zero attached hydrogens (tertiary/aromatic N) is 8. The number of hydrogen-bond donors (Lipinski definition) is 1. The van der Waals surface area contributed by atoms with Crippen LogP contribution in [-0.2, 0) is 35.2 Å². The molecule has 0 bridgehead atoms. The number of hydrogen-bond acceptors (Lipinski definition) is 10. The number of imidazole rings is 1. The van der Waals surface area contributed by atoms with Crippen molar-refractivity contribution >= 4 is 57.7 Å². The molecule has 14 nitrogen and oxygen atoms in total. The smallest absolute Gasteiger partial charge is 0.329 e. The summed E-state index contributed by atoms with van der Waals surface area (Å²) < 4.78 is 15.1. The number of anilines is 1. The summed E-state index contributed by atoms with van der Waals surface area (Å²) in [5.74, 6) is 1.45. The number of likely N-dealkylation sites (tertiary alicyclic amines) is 2. The summed E-state index contributed by atoms with van der Waals surface area (Å²) in [7, 11) is 1.77. The Bertz CT molecular complexity index is 2690. The summed E-state index contributed by atoms with van der Waals surface area (Å²) in [6.07, 6.45) is 7.02. The molecule has 2 aromatic heterocycles. The number of imide groups is 1. The number of alkyl halides is 1. The van der Waals surface area contributed by atoms with Gasteiger partial charge in [0, 0.05) is 63.8 Å². The molecule has 4 saturated heterocycles. The second-order valence-corrected chi connectivity index (χ2v) is 19.4. The van der Waals surface area contributed by atoms with Gasteiger partial charge < -0.3 is 14.4 Å². The molecule has 4 aliphatic rings. The number of nitrogens with one attached hydrogen (secondary N) is 1. The van der Waals surface area contributed by atoms with E-state index in [0.29, 0.717) is 46.8 Å². The lowest BCUT2D eigenvalue weighted by Gasteiger charge is -2.52. The van der Waals surface area contributed by atoms with Gasteiger partial charge in [-0.2, -0.15) is 0 Å². The molecule has 65 heavy (non-hydrogen) atoms. The zero-order chi connectivity index (χ0) is 45.5. The summed E-state index contributed by atoms with van der Waals surface area (Å²) in [6.45, 7) is 19.3. The molecule has 1 spiro atoms. The number of para-hydroxylation sites is 1. The third-order valence-electron chi connectivity index (χ3n) is 14.4. The molecule has 1 unspecified atom stereocenters. The van der Waals surface area contributed by atoms with Crippen LogP contribution in [0, 0.1) is 12.0 Å². The van der Waals surface area contributed by atoms with Crippen molar-refractivity contribution in [2.45, 2.75) is 83.0 Å². The second kappa shape index (κ2) is 18.4. The number of aryl methyl sites for hydroxylation is 1. The third-order valence-corrected chi connectivity index (χ3v) is 14.8. The molecule has 1 N–H and O–H groups in total. The highest BCUT2D eigenvalue weighted by Gasteiger charge is 2.42. The van der Waals surface area contributed by atoms with E-state index >= 15 is 0 Å². The quantitative estimate of drug-likeness (QED) is 0.0725. The van der Waals surface area contributed by atoms with E-state index in [1.165, 1.54) is 12.8 Å². The Hall–Kier alpha value is -5.46. The fourth-order valence-electron chi connectivity index (χ4n) is 10.3. The fourth-order valence-corrected chi connectivity index (χ4v) is 10.6. The number of halogens is 2. The number of benzene rings is 3. The molecule has 9 rings (SSSR count). The highest BCUT2D eigenvalue weighted by Crippen LogP contribution is 2.44. The molecule has 6 heterocycles. The summed E-state index contributed by atoms with van der Waals surface area (Å²) >= 11 is 12.4. The Morgan fingerprint density at radius 3 is 2.40 bits per heavy atom. The van der Waals surface area contributed by atoms with Crippen LogP contribution in [0.2, 0.25) is 5.02 Å². The number of carbonyl (C=O) groups is 2. The summed E-state index contributed by atoms with van der Waals surface area (Å²) in [4.78, 5) is 58.6. The van der Waals surface area contributed by atoms with Gasteiger partial charge in [-0.15, -0.1) is 11.6 Å². The number of ether oxygens (including phenoxy) is 2. The van der Waals surface area contributed by atoms with Crippen LogP contribution in [0.4, 0.5) is 11.6 Å². The van der Waals surface area contributed by atoms with Crippen LogP contribution in [0.3, 0.4) is 0 Å². The van der Waals surface area contributed by atoms with Crippen molar-refractivity contribution in [1.29, 1.82) is 0 Å². The third kappa shape index (κ3) is 8.96. The highest BCUT2D eigenvalue weighted by atomic mass is 35.5. The predicted octanol–water partition coefficient (Wildman–Crippen LogP) is 7.40. The van der Waals surface area contributed by atoms with Gasteiger partial charge in [-0.3, -0.25) is 33.8 Å². The topological polar surface area (TPSA) is 131 Å². The van der Waals surface area contributed by atoms with Gasteiger partial charge in [0.2, 0.25) is 23.5 Å². The van der Waals surface area contributed by atoms with Gasteiger partial charge in [-0.1, -0.05) is 49.7 Å². The van der Waals surface area contributed by atoms with Crippen molar-refractivity contribution in [2.24, 2.45) is 12.5 Å². The zero-order valence-corrected chi connectivity index (χ0v) is 38.7. The molecular weight excluding hydrogens is 866 g/mol. The molecular formula is C49H55Cl2N9O5. The molecule has 16 heteroatoms. The van der Waals surface area contributed by atoms with Crippen molar-refractivity contribution in [3.8, 4) is 11.5 Å². The number of amides is 2. The van der Waals surface area contributed by atoms with E-state index in [1.54, 1.807) is 16.2 Å². The van der Waals surface area contributed by atoms with Crippen molar-refractivity contribution < 1.29 is 19.1 Å². The minimum Gasteiger partial charge on any atom is -0.502 e. The average molecular weight is 921 g/mol. The van der Waals surface area contributed by atoms with Crippen LogP contribution in [0.25, 0.3) is 15.9 Å². The maximum absolute atomic E-state index is 13.4. The number of fused-ring (bicyclic) bond motifs is 1. The van der Waals surface area contributed by atoms with Crippen LogP contribution in [0.1, 0.15) is 80.8 Å². The van der Waals surface area contributed by atoms with Gasteiger partial charge >= 0.3 is 5.69 Å². The van der Waals surface area contributed by atoms with Gasteiger partial charge in [-0.05, 0) is 104 Å². The lowest BCUT2D eigenvalue weighted by Crippen LogP contribution is -2.61. The highest BCUT2D eigenvalue weighted by molar-refractivity contribution is 6.32. The predicted molar refractivity (Wildman–Crippen MR) is 251 cm³/mol. The summed E-state index contributed by atoms with van der Waals surface area (Å²) in [5.41, 5.74) is 5.49. The lowest BCUT2D eigenvalue weighted by atomic mass is 9.71. The van der Waals surface area contributed by atoms with Gasteiger partial charge in [0.05, 0.1) is 40.8 Å². The minimum atomic E-state index is -0.688. The number of aromatic nitrogens is 4. The Morgan fingerprint density at radius 2 is 1.69 bits per heavy atom. The van der Waals surface area contributed by atoms with Crippen molar-refractivity contribution in [1.82, 2.24) is 34.2 Å². The van der Waals surface area contributed by atoms with E-state index < -0.39 is 17.4 Å². The molecule has 2 amide bonds. The van der Waals surface area contributed by atoms with Crippen LogP contribution in [0.5, 0.6) is 11.5 Å². The second-order valence-electron chi connectivity index (χ2n) is 18.6. The van der Waals surface area contributed by atoms with Crippen molar-refractivity contribution in [3.63, 3.8) is 0 Å². The molecule has 0 aliphatic carbocycles. The number of rotatable bonds is 13. The van der Waals surface area contributed by atoms with E-state index in [9.17, 15) is 14.4 Å². The summed E-state index contributed by atoms with van der Waals surface area (Å²) in [6, 6.07) is 19.4. The van der Waals surface area contributed by atoms with Crippen LogP contribution in [-0.4, -0.2) is 98.5 Å². The van der Waals surface area contributed by atoms with Gasteiger partial charge in [0.1, 0.15) is 24.1 Å². The maximum Gasteiger partial charge on any atom is 0.329 e. The molecule has 4 fully saturated rings. The molecule has 5 aromatic rings. The largest absolute Gasteiger partial charge is 0.502 e. The molecule has 1 atom stereocenters. The Kier molecular flexibility index (Phi) is 12.7. The SMILES string of the molecule is [C-]#[N+]c1cc(C(C)(C)c2ccc(OCc3ccnc(N4CCC5(CC4)CCN(C4CN(Cc6cccc7c6n(C)c(=O)n7C6CCC(=O)NC6=O)C4)CC5)n3)cc2)cc(Cl)c1OCCCl. The first-order chi connectivity index (χ1) is 31.4. The first-order valence-electron chi connectivity index (χ1n) is 22.6. The monoisotopic (exact) mass is 919 g/mol. The van der Waals surface area contributed by atoms with Gasteiger partial charge in [0.15, 0.2) is 0 Å². The minimum absolute atomic E-state index is 0.222. The zero-order valence-electron chi connectivity index (χ0n) is 37.2. The lowest BCUT2D eigenvalue weighted by molar-refractivity contribution is -0.135. The van der Waals surface area contributed by atoms with Gasteiger partial charge in [0.25, 0.3) is 0 Å². The Balaban J connectivity index is 0.742. The number of piperidine rings is 3. The molecule has 3 aromatic carbocycles. The van der Waals surface area contributed by atoms with Crippen LogP contribution in [0.15, 0.2) is 71.7 Å². The van der Waals surface area contributed by atoms with Gasteiger partial charge in [-0.25, -0.2) is 19.6 Å². The Labute approximate surface area is 389 Å². The number of carbonyl (C=O) groups excluding carboxylic acids is 2. The van der Waals surface area contributed by atoms with Crippen LogP contribution >= 0.6 is 23.2 Å². The van der Waals surface area contributed by atoms with E-state index in [0.717, 1.165) is 104 Å². The van der Waals surface area contributed by atoms with E-state index in [2.05, 4.69) is 49.8 Å². The first-order valence-corrected chi connectivity index (χ1v) is 23.5. The molecule has 0 radical (unpaired) electrons. The standard InChI is InChI=1S/C49H55Cl2N9O5/c1-48(2,34-26-38(51)44(64-25-19-50)39(27-34)52-3)33-8-10-37(11-9-33)65-31-35-14-20-53-46(54-35)59-23-17-49(18-24-59)15-21-58(22-16-49)36-29-57(30-36)28-32-6-5-7-40-43(32)56(4)47(63)60(40)41-12-13-42(61)55-45(41)62/h5-11,14,20,26-27,36,41H,12-13,15-19,21-25,28-31H2,1-2,4H3,(H,55,61,62). The Morgan fingerprint density at radius 1 is 0.954 bits per heavy atom. The first kappa shape index (κ1) is 44.7. The van der Waals surface area contributed by atoms with E-state index in [-0.39, 0.29) is 24.6 Å². The maximum atomic E-state index is 13.4. The molecule has 340 valence electrons. The normalized spacial score (nSPS) is 19.6. The van der Waals surface area contributed by atoms with Crippen molar-refractivity contribution in [3.05, 3.63) is 116 Å². The molecule has 0 saturated carbocycles. The van der Waals surface area contributed by atoms with E-state index in [4.69, 9.17) is 44.2 Å². The average Bonchev–Trinajstić information content (AvgIpc) is 3.55.